The van der Waals surface area contributed by atoms with Crippen molar-refractivity contribution in [2.45, 2.75) is 44.8 Å². The molecule has 154 valence electrons. The minimum atomic E-state index is -2.80. The van der Waals surface area contributed by atoms with E-state index in [0.29, 0.717) is 12.0 Å². The Bertz CT molecular complexity index is 955. The van der Waals surface area contributed by atoms with Crippen molar-refractivity contribution in [3.8, 4) is 11.1 Å². The molecule has 9 heteroatoms. The van der Waals surface area contributed by atoms with Crippen LogP contribution in [0.3, 0.4) is 0 Å². The number of nitrogens with one attached hydrogen (secondary N) is 1. The van der Waals surface area contributed by atoms with Crippen LogP contribution >= 0.6 is 0 Å². The summed E-state index contributed by atoms with van der Waals surface area (Å²) in [7, 11) is 0. The molecule has 0 amide bonds. The van der Waals surface area contributed by atoms with Gasteiger partial charge in [-0.15, -0.1) is 0 Å². The highest BCUT2D eigenvalue weighted by Gasteiger charge is 2.21. The molecule has 1 aliphatic carbocycles. The number of anilines is 1. The first-order valence-electron chi connectivity index (χ1n) is 9.75. The Morgan fingerprint density at radius 1 is 1.14 bits per heavy atom. The Morgan fingerprint density at radius 3 is 2.69 bits per heavy atom. The van der Waals surface area contributed by atoms with Gasteiger partial charge in [-0.25, -0.2) is 9.97 Å². The molecule has 1 fully saturated rings. The summed E-state index contributed by atoms with van der Waals surface area (Å²) in [4.78, 5) is 12.7. The van der Waals surface area contributed by atoms with Gasteiger partial charge in [0.15, 0.2) is 0 Å². The van der Waals surface area contributed by atoms with Crippen molar-refractivity contribution in [2.24, 2.45) is 0 Å². The quantitative estimate of drug-likeness (QED) is 0.452. The zero-order chi connectivity index (χ0) is 20.2. The normalized spacial score (nSPS) is 15.3. The summed E-state index contributed by atoms with van der Waals surface area (Å²) in [6, 6.07) is 3.35. The van der Waals surface area contributed by atoms with Gasteiger partial charge < -0.3 is 14.6 Å². The van der Waals surface area contributed by atoms with Crippen molar-refractivity contribution in [2.75, 3.05) is 18.5 Å². The van der Waals surface area contributed by atoms with E-state index < -0.39 is 12.6 Å². The van der Waals surface area contributed by atoms with Crippen LogP contribution in [0, 0.1) is 5.95 Å². The summed E-state index contributed by atoms with van der Waals surface area (Å²) in [5, 5.41) is 3.77. The maximum absolute atomic E-state index is 13.3. The van der Waals surface area contributed by atoms with Crippen molar-refractivity contribution in [1.82, 2.24) is 19.5 Å². The van der Waals surface area contributed by atoms with Crippen molar-refractivity contribution in [1.29, 1.82) is 0 Å². The third kappa shape index (κ3) is 4.50. The molecule has 0 aliphatic heterocycles. The second-order valence-electron chi connectivity index (χ2n) is 7.10. The molecule has 3 aromatic rings. The minimum absolute atomic E-state index is 0.144. The number of halogens is 3. The average molecular weight is 405 g/mol. The van der Waals surface area contributed by atoms with Crippen LogP contribution in [0.25, 0.3) is 22.2 Å². The number of aromatic nitrogens is 4. The maximum Gasteiger partial charge on any atom is 0.345 e. The van der Waals surface area contributed by atoms with Gasteiger partial charge in [0.2, 0.25) is 11.9 Å². The van der Waals surface area contributed by atoms with E-state index in [9.17, 15) is 13.2 Å². The van der Waals surface area contributed by atoms with Crippen LogP contribution in [0.4, 0.5) is 19.1 Å². The zero-order valence-corrected chi connectivity index (χ0v) is 15.8. The molecule has 4 rings (SSSR count). The summed E-state index contributed by atoms with van der Waals surface area (Å²) in [6.45, 7) is -2.76. The number of fused-ring (bicyclic) bond motifs is 1. The summed E-state index contributed by atoms with van der Waals surface area (Å²) in [5.41, 5.74) is 2.45. The van der Waals surface area contributed by atoms with Gasteiger partial charge in [0, 0.05) is 47.7 Å². The van der Waals surface area contributed by atoms with Crippen molar-refractivity contribution < 1.29 is 17.9 Å². The van der Waals surface area contributed by atoms with Gasteiger partial charge in [0.25, 0.3) is 0 Å². The molecule has 29 heavy (non-hydrogen) atoms. The van der Waals surface area contributed by atoms with Gasteiger partial charge in [0.05, 0.1) is 6.61 Å². The van der Waals surface area contributed by atoms with Crippen LogP contribution in [0.2, 0.25) is 0 Å². The van der Waals surface area contributed by atoms with Gasteiger partial charge in [-0.1, -0.05) is 19.3 Å². The van der Waals surface area contributed by atoms with Gasteiger partial charge in [-0.3, -0.25) is 0 Å². The summed E-state index contributed by atoms with van der Waals surface area (Å²) in [5.74, 6) is -0.173. The lowest BCUT2D eigenvalue weighted by molar-refractivity contribution is -0.125. The van der Waals surface area contributed by atoms with Crippen molar-refractivity contribution >= 4 is 17.0 Å². The van der Waals surface area contributed by atoms with Gasteiger partial charge in [-0.05, 0) is 25.0 Å². The van der Waals surface area contributed by atoms with E-state index in [1.165, 1.54) is 31.5 Å². The molecular weight excluding hydrogens is 383 g/mol. The molecule has 1 N–H and O–H groups in total. The third-order valence-corrected chi connectivity index (χ3v) is 5.21. The lowest BCUT2D eigenvalue weighted by atomic mass is 9.95. The van der Waals surface area contributed by atoms with Crippen LogP contribution < -0.4 is 5.32 Å². The second kappa shape index (κ2) is 8.77. The van der Waals surface area contributed by atoms with Gasteiger partial charge >= 0.3 is 6.61 Å². The van der Waals surface area contributed by atoms with Gasteiger partial charge in [-0.2, -0.15) is 18.2 Å². The van der Waals surface area contributed by atoms with Crippen LogP contribution in [-0.4, -0.2) is 39.3 Å². The molecule has 0 spiro atoms. The predicted molar refractivity (Wildman–Crippen MR) is 103 cm³/mol. The fourth-order valence-electron chi connectivity index (χ4n) is 3.83. The number of ether oxygens (including phenoxy) is 1. The highest BCUT2D eigenvalue weighted by molar-refractivity contribution is 5.94. The summed E-state index contributed by atoms with van der Waals surface area (Å²) < 4.78 is 43.9. The number of rotatable bonds is 7. The molecule has 3 heterocycles. The number of alkyl halides is 2. The summed E-state index contributed by atoms with van der Waals surface area (Å²) in [6.07, 6.45) is 10.9. The molecule has 3 aromatic heterocycles. The summed E-state index contributed by atoms with van der Waals surface area (Å²) >= 11 is 0. The number of hydrogen-bond donors (Lipinski definition) is 1. The smallest absolute Gasteiger partial charge is 0.345 e. The SMILES string of the molecule is Fc1ccc(-c2cn(C3CCCCC3)c3nc(NCCOC(F)F)ncc23)cn1. The van der Waals surface area contributed by atoms with E-state index in [0.717, 1.165) is 35.0 Å². The predicted octanol–water partition coefficient (Wildman–Crippen LogP) is 4.79. The molecule has 0 radical (unpaired) electrons. The maximum atomic E-state index is 13.3. The first-order valence-corrected chi connectivity index (χ1v) is 9.75. The van der Waals surface area contributed by atoms with Crippen LogP contribution in [0.5, 0.6) is 0 Å². The van der Waals surface area contributed by atoms with Crippen molar-refractivity contribution in [3.05, 3.63) is 36.7 Å². The topological polar surface area (TPSA) is 64.9 Å². The Morgan fingerprint density at radius 2 is 1.97 bits per heavy atom. The number of nitrogens with zero attached hydrogens (tertiary/aromatic N) is 4. The Hall–Kier alpha value is -2.68. The number of hydrogen-bond acceptors (Lipinski definition) is 5. The molecule has 0 saturated heterocycles. The standard InChI is InChI=1S/C20H22F3N5O/c21-17-7-6-13(10-25-17)16-12-28(14-4-2-1-3-5-14)18-15(16)11-26-20(27-18)24-8-9-29-19(22)23/h6-7,10-12,14,19H,1-5,8-9H2,(H,24,26,27). The average Bonchev–Trinajstić information content (AvgIpc) is 3.11. The monoisotopic (exact) mass is 405 g/mol. The largest absolute Gasteiger partial charge is 0.352 e. The van der Waals surface area contributed by atoms with Crippen LogP contribution in [0.1, 0.15) is 38.1 Å². The van der Waals surface area contributed by atoms with Crippen molar-refractivity contribution in [3.63, 3.8) is 0 Å². The molecule has 0 atom stereocenters. The van der Waals surface area contributed by atoms with E-state index in [-0.39, 0.29) is 13.2 Å². The first-order chi connectivity index (χ1) is 14.1. The highest BCUT2D eigenvalue weighted by atomic mass is 19.3. The first kappa shape index (κ1) is 19.6. The van der Waals surface area contributed by atoms with E-state index in [1.54, 1.807) is 12.3 Å². The number of pyridine rings is 1. The highest BCUT2D eigenvalue weighted by Crippen LogP contribution is 2.36. The van der Waals surface area contributed by atoms with E-state index in [1.807, 2.05) is 6.20 Å². The van der Waals surface area contributed by atoms with Gasteiger partial charge in [0.1, 0.15) is 5.65 Å². The zero-order valence-electron chi connectivity index (χ0n) is 15.8. The van der Waals surface area contributed by atoms with E-state index in [4.69, 9.17) is 0 Å². The molecule has 0 unspecified atom stereocenters. The Kier molecular flexibility index (Phi) is 5.94. The molecular formula is C20H22F3N5O. The van der Waals surface area contributed by atoms with E-state index in [2.05, 4.69) is 29.6 Å². The second-order valence-corrected chi connectivity index (χ2v) is 7.10. The fraction of sp³-hybridized carbons (Fsp3) is 0.450. The third-order valence-electron chi connectivity index (χ3n) is 5.21. The molecule has 6 nitrogen and oxygen atoms in total. The molecule has 0 aromatic carbocycles. The minimum Gasteiger partial charge on any atom is -0.352 e. The molecule has 0 bridgehead atoms. The lowest BCUT2D eigenvalue weighted by Crippen LogP contribution is -2.15. The van der Waals surface area contributed by atoms with E-state index >= 15 is 0 Å². The molecule has 1 saturated carbocycles. The lowest BCUT2D eigenvalue weighted by Gasteiger charge is -2.23. The molecule has 1 aliphatic rings. The Labute approximate surface area is 166 Å². The van der Waals surface area contributed by atoms with Crippen LogP contribution in [-0.2, 0) is 4.74 Å². The fourth-order valence-corrected chi connectivity index (χ4v) is 3.83. The van der Waals surface area contributed by atoms with Crippen LogP contribution in [0.15, 0.2) is 30.7 Å². The Balaban J connectivity index is 1.68.